The molecule has 2 atom stereocenters. The molecule has 2 aromatic rings. The molecule has 1 saturated heterocycles. The third kappa shape index (κ3) is 3.62. The van der Waals surface area contributed by atoms with Crippen molar-refractivity contribution in [1.29, 1.82) is 0 Å². The van der Waals surface area contributed by atoms with E-state index in [1.807, 2.05) is 0 Å². The molecule has 1 aromatic heterocycles. The lowest BCUT2D eigenvalue weighted by atomic mass is 10.1. The van der Waals surface area contributed by atoms with Crippen LogP contribution >= 0.6 is 0 Å². The van der Waals surface area contributed by atoms with Crippen LogP contribution in [0.25, 0.3) is 0 Å². The fraction of sp³-hybridized carbons (Fsp3) is 0.333. The van der Waals surface area contributed by atoms with Crippen LogP contribution in [0.2, 0.25) is 0 Å². The van der Waals surface area contributed by atoms with Gasteiger partial charge in [-0.1, -0.05) is 6.07 Å². The molecule has 0 bridgehead atoms. The van der Waals surface area contributed by atoms with Gasteiger partial charge in [-0.3, -0.25) is 0 Å². The lowest BCUT2D eigenvalue weighted by molar-refractivity contribution is -0.000818. The molecular weight excluding hydrogens is 287 g/mol. The van der Waals surface area contributed by atoms with Gasteiger partial charge in [-0.15, -0.1) is 0 Å². The van der Waals surface area contributed by atoms with Crippen LogP contribution in [-0.4, -0.2) is 35.3 Å². The van der Waals surface area contributed by atoms with Crippen molar-refractivity contribution in [3.8, 4) is 5.75 Å². The fourth-order valence-electron chi connectivity index (χ4n) is 2.32. The molecule has 0 radical (unpaired) electrons. The topological polar surface area (TPSA) is 82.3 Å². The van der Waals surface area contributed by atoms with E-state index in [9.17, 15) is 4.39 Å². The van der Waals surface area contributed by atoms with Gasteiger partial charge in [-0.2, -0.15) is 4.98 Å². The third-order valence-corrected chi connectivity index (χ3v) is 3.38. The lowest BCUT2D eigenvalue weighted by Gasteiger charge is -2.32. The van der Waals surface area contributed by atoms with Crippen molar-refractivity contribution in [3.63, 3.8) is 0 Å². The van der Waals surface area contributed by atoms with E-state index < -0.39 is 0 Å². The number of aromatic nitrogens is 2. The van der Waals surface area contributed by atoms with E-state index in [2.05, 4.69) is 15.3 Å². The first kappa shape index (κ1) is 14.5. The Morgan fingerprint density at radius 1 is 1.36 bits per heavy atom. The molecule has 3 rings (SSSR count). The molecule has 7 heteroatoms. The highest BCUT2D eigenvalue weighted by Crippen LogP contribution is 2.20. The minimum absolute atomic E-state index is 0.0428. The fourth-order valence-corrected chi connectivity index (χ4v) is 2.32. The first-order chi connectivity index (χ1) is 10.7. The summed E-state index contributed by atoms with van der Waals surface area (Å²) in [5.41, 5.74) is 5.65. The maximum atomic E-state index is 13.2. The number of nitrogen functional groups attached to an aromatic ring is 1. The molecule has 1 aromatic carbocycles. The Hall–Kier alpha value is -2.41. The molecule has 3 N–H and O–H groups in total. The molecule has 0 unspecified atom stereocenters. The first-order valence-electron chi connectivity index (χ1n) is 7.06. The van der Waals surface area contributed by atoms with Gasteiger partial charge in [0.05, 0.1) is 12.6 Å². The zero-order valence-corrected chi connectivity index (χ0v) is 11.9. The molecule has 0 saturated carbocycles. The Morgan fingerprint density at radius 2 is 2.27 bits per heavy atom. The average Bonchev–Trinajstić information content (AvgIpc) is 2.49. The van der Waals surface area contributed by atoms with Gasteiger partial charge in [0, 0.05) is 18.9 Å². The normalized spacial score (nSPS) is 21.3. The van der Waals surface area contributed by atoms with E-state index in [1.165, 1.54) is 12.1 Å². The van der Waals surface area contributed by atoms with Crippen molar-refractivity contribution in [3.05, 3.63) is 42.3 Å². The Kier molecular flexibility index (Phi) is 4.34. The molecule has 0 amide bonds. The summed E-state index contributed by atoms with van der Waals surface area (Å²) in [6.07, 6.45) is 2.06. The van der Waals surface area contributed by atoms with Crippen molar-refractivity contribution in [2.24, 2.45) is 0 Å². The van der Waals surface area contributed by atoms with Crippen LogP contribution in [0.5, 0.6) is 5.75 Å². The first-order valence-corrected chi connectivity index (χ1v) is 7.06. The van der Waals surface area contributed by atoms with E-state index >= 15 is 0 Å². The standard InChI is InChI=1S/C15H17FN4O2/c16-10-2-1-3-11(8-10)22-13-9-21-7-5-12(13)19-15-18-6-4-14(17)20-15/h1-4,6,8,12-13H,5,7,9H2,(H3,17,18,19,20)/t12-,13-/m1/s1. The summed E-state index contributed by atoms with van der Waals surface area (Å²) in [6, 6.07) is 7.63. The van der Waals surface area contributed by atoms with E-state index in [-0.39, 0.29) is 18.0 Å². The molecular formula is C15H17FN4O2. The molecule has 0 aliphatic carbocycles. The molecule has 1 fully saturated rings. The second-order valence-electron chi connectivity index (χ2n) is 5.03. The molecule has 0 spiro atoms. The Balaban J connectivity index is 1.71. The summed E-state index contributed by atoms with van der Waals surface area (Å²) in [4.78, 5) is 8.25. The summed E-state index contributed by atoms with van der Waals surface area (Å²) < 4.78 is 24.5. The van der Waals surface area contributed by atoms with Gasteiger partial charge < -0.3 is 20.5 Å². The maximum absolute atomic E-state index is 13.2. The second kappa shape index (κ2) is 6.57. The number of halogens is 1. The van der Waals surface area contributed by atoms with Crippen molar-refractivity contribution < 1.29 is 13.9 Å². The Morgan fingerprint density at radius 3 is 3.09 bits per heavy atom. The van der Waals surface area contributed by atoms with E-state index in [0.717, 1.165) is 6.42 Å². The van der Waals surface area contributed by atoms with Crippen molar-refractivity contribution in [2.75, 3.05) is 24.3 Å². The van der Waals surface area contributed by atoms with Gasteiger partial charge in [-0.25, -0.2) is 9.37 Å². The summed E-state index contributed by atoms with van der Waals surface area (Å²) in [5, 5.41) is 3.21. The third-order valence-electron chi connectivity index (χ3n) is 3.38. The van der Waals surface area contributed by atoms with Crippen molar-refractivity contribution in [1.82, 2.24) is 9.97 Å². The average molecular weight is 304 g/mol. The summed E-state index contributed by atoms with van der Waals surface area (Å²) in [6.45, 7) is 1.03. The number of nitrogens with zero attached hydrogens (tertiary/aromatic N) is 2. The van der Waals surface area contributed by atoms with Gasteiger partial charge in [0.1, 0.15) is 23.5 Å². The molecule has 6 nitrogen and oxygen atoms in total. The number of ether oxygens (including phenoxy) is 2. The van der Waals surface area contributed by atoms with E-state index in [1.54, 1.807) is 24.4 Å². The Bertz CT molecular complexity index is 585. The number of hydrogen-bond acceptors (Lipinski definition) is 6. The van der Waals surface area contributed by atoms with Crippen LogP contribution in [0, 0.1) is 5.82 Å². The van der Waals surface area contributed by atoms with Crippen LogP contribution < -0.4 is 15.8 Å². The largest absolute Gasteiger partial charge is 0.486 e. The van der Waals surface area contributed by atoms with Gasteiger partial charge in [0.25, 0.3) is 0 Å². The summed E-state index contributed by atoms with van der Waals surface area (Å²) in [7, 11) is 0. The Labute approximate surface area is 127 Å². The number of nitrogens with two attached hydrogens (primary N) is 1. The molecule has 2 heterocycles. The van der Waals surface area contributed by atoms with Crippen LogP contribution in [0.15, 0.2) is 36.5 Å². The van der Waals surface area contributed by atoms with Crippen LogP contribution in [0.1, 0.15) is 6.42 Å². The summed E-state index contributed by atoms with van der Waals surface area (Å²) in [5.74, 6) is 0.973. The predicted octanol–water partition coefficient (Wildman–Crippen LogP) is 1.85. The lowest BCUT2D eigenvalue weighted by Crippen LogP contribution is -2.45. The molecule has 1 aliphatic heterocycles. The van der Waals surface area contributed by atoms with E-state index in [4.69, 9.17) is 15.2 Å². The highest BCUT2D eigenvalue weighted by Gasteiger charge is 2.28. The van der Waals surface area contributed by atoms with Crippen molar-refractivity contribution >= 4 is 11.8 Å². The van der Waals surface area contributed by atoms with Gasteiger partial charge in [-0.05, 0) is 24.6 Å². The molecule has 1 aliphatic rings. The number of benzene rings is 1. The zero-order valence-electron chi connectivity index (χ0n) is 11.9. The second-order valence-corrected chi connectivity index (χ2v) is 5.03. The van der Waals surface area contributed by atoms with Gasteiger partial charge in [0.15, 0.2) is 0 Å². The van der Waals surface area contributed by atoms with Gasteiger partial charge in [0.2, 0.25) is 5.95 Å². The van der Waals surface area contributed by atoms with Crippen LogP contribution in [-0.2, 0) is 4.74 Å². The van der Waals surface area contributed by atoms with Crippen LogP contribution in [0.4, 0.5) is 16.2 Å². The number of rotatable bonds is 4. The number of anilines is 2. The zero-order chi connectivity index (χ0) is 15.4. The SMILES string of the molecule is Nc1ccnc(N[C@@H]2CCOC[C@H]2Oc2cccc(F)c2)n1. The quantitative estimate of drug-likeness (QED) is 0.897. The maximum Gasteiger partial charge on any atom is 0.224 e. The number of nitrogens with one attached hydrogen (secondary N) is 1. The minimum atomic E-state index is -0.335. The van der Waals surface area contributed by atoms with Gasteiger partial charge >= 0.3 is 0 Å². The molecule has 116 valence electrons. The smallest absolute Gasteiger partial charge is 0.224 e. The highest BCUT2D eigenvalue weighted by molar-refractivity contribution is 5.36. The monoisotopic (exact) mass is 304 g/mol. The predicted molar refractivity (Wildman–Crippen MR) is 80.1 cm³/mol. The summed E-state index contributed by atoms with van der Waals surface area (Å²) >= 11 is 0. The minimum Gasteiger partial charge on any atom is -0.486 e. The highest BCUT2D eigenvalue weighted by atomic mass is 19.1. The molecule has 22 heavy (non-hydrogen) atoms. The number of hydrogen-bond donors (Lipinski definition) is 2. The van der Waals surface area contributed by atoms with Crippen molar-refractivity contribution in [2.45, 2.75) is 18.6 Å². The van der Waals surface area contributed by atoms with E-state index in [0.29, 0.717) is 30.7 Å². The van der Waals surface area contributed by atoms with Crippen LogP contribution in [0.3, 0.4) is 0 Å².